The third-order valence-electron chi connectivity index (χ3n) is 3.54. The van der Waals surface area contributed by atoms with Crippen LogP contribution in [0.1, 0.15) is 10.4 Å². The Labute approximate surface area is 155 Å². The predicted octanol–water partition coefficient (Wildman–Crippen LogP) is 4.80. The highest BCUT2D eigenvalue weighted by Crippen LogP contribution is 2.30. The van der Waals surface area contributed by atoms with Crippen LogP contribution in [0.25, 0.3) is 0 Å². The normalized spacial score (nSPS) is 10.4. The minimum absolute atomic E-state index is 0.196. The van der Waals surface area contributed by atoms with E-state index < -0.39 is 0 Å². The van der Waals surface area contributed by atoms with E-state index in [-0.39, 0.29) is 5.91 Å². The van der Waals surface area contributed by atoms with E-state index in [0.717, 1.165) is 5.69 Å². The van der Waals surface area contributed by atoms with Crippen LogP contribution in [0.4, 0.5) is 17.3 Å². The van der Waals surface area contributed by atoms with Crippen molar-refractivity contribution in [3.8, 4) is 0 Å². The van der Waals surface area contributed by atoms with E-state index in [4.69, 9.17) is 23.2 Å². The van der Waals surface area contributed by atoms with Crippen molar-refractivity contribution < 1.29 is 4.79 Å². The lowest BCUT2D eigenvalue weighted by atomic mass is 10.2. The van der Waals surface area contributed by atoms with Gasteiger partial charge in [0.05, 0.1) is 21.3 Å². The maximum Gasteiger partial charge on any atom is 0.261 e. The Morgan fingerprint density at radius 2 is 1.68 bits per heavy atom. The van der Waals surface area contributed by atoms with Crippen molar-refractivity contribution in [2.45, 2.75) is 0 Å². The molecule has 5 nitrogen and oxygen atoms in total. The Hall–Kier alpha value is -2.63. The molecule has 2 aromatic carbocycles. The molecule has 1 N–H and O–H groups in total. The summed E-state index contributed by atoms with van der Waals surface area (Å²) < 4.78 is 0. The van der Waals surface area contributed by atoms with Crippen LogP contribution in [0.2, 0.25) is 10.0 Å². The van der Waals surface area contributed by atoms with Gasteiger partial charge in [-0.1, -0.05) is 47.5 Å². The molecule has 0 atom stereocenters. The number of amides is 1. The molecule has 3 rings (SSSR count). The Morgan fingerprint density at radius 3 is 2.36 bits per heavy atom. The van der Waals surface area contributed by atoms with Crippen LogP contribution in [0.5, 0.6) is 0 Å². The zero-order valence-corrected chi connectivity index (χ0v) is 14.8. The van der Waals surface area contributed by atoms with Crippen molar-refractivity contribution in [1.29, 1.82) is 0 Å². The van der Waals surface area contributed by atoms with Crippen molar-refractivity contribution in [2.24, 2.45) is 0 Å². The molecule has 25 heavy (non-hydrogen) atoms. The molecule has 0 spiro atoms. The number of benzene rings is 2. The maximum absolute atomic E-state index is 12.5. The Balaban J connectivity index is 1.76. The highest BCUT2D eigenvalue weighted by molar-refractivity contribution is 6.43. The number of para-hydroxylation sites is 1. The molecule has 0 bridgehead atoms. The molecular formula is C18H14Cl2N4O. The smallest absolute Gasteiger partial charge is 0.261 e. The van der Waals surface area contributed by atoms with Gasteiger partial charge in [0.15, 0.2) is 0 Å². The molecule has 1 amide bonds. The highest BCUT2D eigenvalue weighted by atomic mass is 35.5. The first-order valence-corrected chi connectivity index (χ1v) is 8.18. The number of nitrogens with zero attached hydrogens (tertiary/aromatic N) is 3. The Morgan fingerprint density at radius 1 is 1.00 bits per heavy atom. The van der Waals surface area contributed by atoms with Gasteiger partial charge in [0.1, 0.15) is 0 Å². The van der Waals surface area contributed by atoms with E-state index in [0.29, 0.717) is 27.2 Å². The topological polar surface area (TPSA) is 58.1 Å². The van der Waals surface area contributed by atoms with E-state index in [9.17, 15) is 4.79 Å². The van der Waals surface area contributed by atoms with Crippen LogP contribution in [0.3, 0.4) is 0 Å². The summed E-state index contributed by atoms with van der Waals surface area (Å²) in [6, 6.07) is 14.6. The third kappa shape index (κ3) is 3.90. The van der Waals surface area contributed by atoms with Gasteiger partial charge in [-0.2, -0.15) is 0 Å². The monoisotopic (exact) mass is 372 g/mol. The molecule has 126 valence electrons. The van der Waals surface area contributed by atoms with Gasteiger partial charge in [-0.25, -0.2) is 9.97 Å². The number of anilines is 3. The van der Waals surface area contributed by atoms with Gasteiger partial charge in [0, 0.05) is 25.1 Å². The van der Waals surface area contributed by atoms with E-state index in [1.54, 1.807) is 30.1 Å². The van der Waals surface area contributed by atoms with Crippen LogP contribution in [0.15, 0.2) is 60.9 Å². The molecule has 0 radical (unpaired) electrons. The SMILES string of the molecule is CN(C(=O)c1cnc(Nc2cccc(Cl)c2Cl)nc1)c1ccccc1. The van der Waals surface area contributed by atoms with E-state index in [1.165, 1.54) is 12.4 Å². The second-order valence-corrected chi connectivity index (χ2v) is 6.01. The number of aromatic nitrogens is 2. The second kappa shape index (κ2) is 7.51. The summed E-state index contributed by atoms with van der Waals surface area (Å²) in [7, 11) is 1.70. The van der Waals surface area contributed by atoms with Gasteiger partial charge >= 0.3 is 0 Å². The molecule has 0 saturated heterocycles. The van der Waals surface area contributed by atoms with Gasteiger partial charge in [-0.3, -0.25) is 4.79 Å². The maximum atomic E-state index is 12.5. The van der Waals surface area contributed by atoms with E-state index in [2.05, 4.69) is 15.3 Å². The summed E-state index contributed by atoms with van der Waals surface area (Å²) in [5.74, 6) is 0.126. The minimum atomic E-state index is -0.196. The fourth-order valence-corrected chi connectivity index (χ4v) is 2.53. The number of carbonyl (C=O) groups excluding carboxylic acids is 1. The molecule has 1 heterocycles. The third-order valence-corrected chi connectivity index (χ3v) is 4.36. The summed E-state index contributed by atoms with van der Waals surface area (Å²) in [5.41, 5.74) is 1.77. The van der Waals surface area contributed by atoms with Gasteiger partial charge < -0.3 is 10.2 Å². The number of nitrogens with one attached hydrogen (secondary N) is 1. The molecule has 0 fully saturated rings. The molecule has 0 saturated carbocycles. The predicted molar refractivity (Wildman–Crippen MR) is 101 cm³/mol. The lowest BCUT2D eigenvalue weighted by Crippen LogP contribution is -2.26. The number of halogens is 2. The molecule has 3 aromatic rings. The van der Waals surface area contributed by atoms with Crippen LogP contribution in [0, 0.1) is 0 Å². The first kappa shape index (κ1) is 17.2. The second-order valence-electron chi connectivity index (χ2n) is 5.22. The van der Waals surface area contributed by atoms with Crippen LogP contribution >= 0.6 is 23.2 Å². The van der Waals surface area contributed by atoms with E-state index in [1.807, 2.05) is 30.3 Å². The van der Waals surface area contributed by atoms with Crippen molar-refractivity contribution in [1.82, 2.24) is 9.97 Å². The van der Waals surface area contributed by atoms with Gasteiger partial charge in [0.25, 0.3) is 5.91 Å². The fraction of sp³-hybridized carbons (Fsp3) is 0.0556. The Kier molecular flexibility index (Phi) is 5.16. The summed E-state index contributed by atoms with van der Waals surface area (Å²) in [4.78, 5) is 22.4. The molecule has 0 aliphatic carbocycles. The van der Waals surface area contributed by atoms with Crippen molar-refractivity contribution in [2.75, 3.05) is 17.3 Å². The van der Waals surface area contributed by atoms with Gasteiger partial charge in [-0.15, -0.1) is 0 Å². The molecule has 0 aliphatic rings. The van der Waals surface area contributed by atoms with Crippen molar-refractivity contribution in [3.63, 3.8) is 0 Å². The average Bonchev–Trinajstić information content (AvgIpc) is 2.65. The highest BCUT2D eigenvalue weighted by Gasteiger charge is 2.14. The number of carbonyl (C=O) groups is 1. The van der Waals surface area contributed by atoms with Crippen LogP contribution < -0.4 is 10.2 Å². The molecule has 0 aliphatic heterocycles. The van der Waals surface area contributed by atoms with Gasteiger partial charge in [0.2, 0.25) is 5.95 Å². The summed E-state index contributed by atoms with van der Waals surface area (Å²) in [6.45, 7) is 0. The largest absolute Gasteiger partial charge is 0.323 e. The van der Waals surface area contributed by atoms with Crippen LogP contribution in [-0.4, -0.2) is 22.9 Å². The lowest BCUT2D eigenvalue weighted by molar-refractivity contribution is 0.0992. The number of rotatable bonds is 4. The summed E-state index contributed by atoms with van der Waals surface area (Å²) in [5, 5.41) is 3.80. The minimum Gasteiger partial charge on any atom is -0.323 e. The van der Waals surface area contributed by atoms with E-state index >= 15 is 0 Å². The number of hydrogen-bond donors (Lipinski definition) is 1. The van der Waals surface area contributed by atoms with Crippen molar-refractivity contribution in [3.05, 3.63) is 76.5 Å². The average molecular weight is 373 g/mol. The zero-order chi connectivity index (χ0) is 17.8. The quantitative estimate of drug-likeness (QED) is 0.714. The standard InChI is InChI=1S/C18H14Cl2N4O/c1-24(13-6-3-2-4-7-13)17(25)12-10-21-18(22-11-12)23-15-9-5-8-14(19)16(15)20/h2-11H,1H3,(H,21,22,23). The fourth-order valence-electron chi connectivity index (χ4n) is 2.19. The lowest BCUT2D eigenvalue weighted by Gasteiger charge is -2.17. The Bertz CT molecular complexity index is 885. The van der Waals surface area contributed by atoms with Gasteiger partial charge in [-0.05, 0) is 24.3 Å². The number of hydrogen-bond acceptors (Lipinski definition) is 4. The molecule has 7 heteroatoms. The first-order valence-electron chi connectivity index (χ1n) is 7.42. The molecule has 0 unspecified atom stereocenters. The molecule has 1 aromatic heterocycles. The first-order chi connectivity index (χ1) is 12.1. The van der Waals surface area contributed by atoms with Crippen molar-refractivity contribution >= 4 is 46.4 Å². The van der Waals surface area contributed by atoms with Crippen LogP contribution in [-0.2, 0) is 0 Å². The summed E-state index contributed by atoms with van der Waals surface area (Å²) >= 11 is 12.1. The summed E-state index contributed by atoms with van der Waals surface area (Å²) in [6.07, 6.45) is 2.94. The molecular weight excluding hydrogens is 359 g/mol. The zero-order valence-electron chi connectivity index (χ0n) is 13.3.